The maximum Gasteiger partial charge on any atom is 0.0992 e. The predicted molar refractivity (Wildman–Crippen MR) is 75.9 cm³/mol. The predicted octanol–water partition coefficient (Wildman–Crippen LogP) is 5.26. The summed E-state index contributed by atoms with van der Waals surface area (Å²) in [4.78, 5) is 0. The fourth-order valence-corrected chi connectivity index (χ4v) is 2.01. The van der Waals surface area contributed by atoms with Crippen LogP contribution in [0.15, 0.2) is 36.4 Å². The summed E-state index contributed by atoms with van der Waals surface area (Å²) in [5, 5.41) is 13.2. The van der Waals surface area contributed by atoms with Crippen LogP contribution in [0, 0.1) is 11.3 Å². The number of nitrogens with zero attached hydrogens (tertiary/aromatic N) is 1. The minimum atomic E-state index is 0.430. The van der Waals surface area contributed by atoms with Gasteiger partial charge in [0.2, 0.25) is 0 Å². The van der Waals surface area contributed by atoms with Crippen LogP contribution in [0.3, 0.4) is 0 Å². The van der Waals surface area contributed by atoms with Crippen LogP contribution >= 0.6 is 34.8 Å². The normalized spacial score (nSPS) is 9.89. The largest absolute Gasteiger partial charge is 0.353 e. The van der Waals surface area contributed by atoms with E-state index in [0.717, 1.165) is 0 Å². The number of hydrogen-bond acceptors (Lipinski definition) is 2. The number of hydrogen-bond donors (Lipinski definition) is 1. The lowest BCUT2D eigenvalue weighted by molar-refractivity contribution is 1.47. The van der Waals surface area contributed by atoms with Gasteiger partial charge in [-0.15, -0.1) is 0 Å². The highest BCUT2D eigenvalue weighted by Crippen LogP contribution is 2.33. The molecule has 0 aromatic heterocycles. The first-order valence-electron chi connectivity index (χ1n) is 5.02. The number of nitrogens with one attached hydrogen (secondary N) is 1. The second kappa shape index (κ2) is 5.49. The highest BCUT2D eigenvalue weighted by Gasteiger charge is 2.07. The third-order valence-electron chi connectivity index (χ3n) is 2.32. The molecular weight excluding hydrogens is 291 g/mol. The molecular formula is C13H7Cl3N2. The Morgan fingerprint density at radius 1 is 0.944 bits per heavy atom. The van der Waals surface area contributed by atoms with Gasteiger partial charge < -0.3 is 5.32 Å². The molecule has 2 aromatic carbocycles. The van der Waals surface area contributed by atoms with Crippen LogP contribution in [0.25, 0.3) is 0 Å². The molecule has 2 nitrogen and oxygen atoms in total. The lowest BCUT2D eigenvalue weighted by Gasteiger charge is -2.10. The van der Waals surface area contributed by atoms with Gasteiger partial charge in [-0.3, -0.25) is 0 Å². The SMILES string of the molecule is N#Cc1ccc(Nc2cccc(Cl)c2Cl)c(Cl)c1. The van der Waals surface area contributed by atoms with Gasteiger partial charge in [-0.2, -0.15) is 5.26 Å². The maximum absolute atomic E-state index is 8.76. The molecule has 90 valence electrons. The molecule has 1 N–H and O–H groups in total. The van der Waals surface area contributed by atoms with Gasteiger partial charge >= 0.3 is 0 Å². The lowest BCUT2D eigenvalue weighted by atomic mass is 10.2. The zero-order chi connectivity index (χ0) is 13.1. The molecule has 18 heavy (non-hydrogen) atoms. The van der Waals surface area contributed by atoms with Gasteiger partial charge in [0.25, 0.3) is 0 Å². The average molecular weight is 298 g/mol. The van der Waals surface area contributed by atoms with Crippen molar-refractivity contribution in [1.29, 1.82) is 5.26 Å². The van der Waals surface area contributed by atoms with E-state index < -0.39 is 0 Å². The van der Waals surface area contributed by atoms with Crippen molar-refractivity contribution in [3.63, 3.8) is 0 Å². The molecule has 2 rings (SSSR count). The molecule has 0 spiro atoms. The first kappa shape index (κ1) is 13.0. The molecule has 0 amide bonds. The molecule has 0 aliphatic carbocycles. The van der Waals surface area contributed by atoms with Crippen molar-refractivity contribution >= 4 is 46.2 Å². The molecule has 0 aliphatic heterocycles. The van der Waals surface area contributed by atoms with E-state index in [-0.39, 0.29) is 0 Å². The number of rotatable bonds is 2. The van der Waals surface area contributed by atoms with E-state index in [9.17, 15) is 0 Å². The molecule has 0 atom stereocenters. The standard InChI is InChI=1S/C13H7Cl3N2/c14-9-2-1-3-12(13(9)16)18-11-5-4-8(7-17)6-10(11)15/h1-6,18H. The van der Waals surface area contributed by atoms with Crippen LogP contribution < -0.4 is 5.32 Å². The Morgan fingerprint density at radius 2 is 1.72 bits per heavy atom. The Hall–Kier alpha value is -1.40. The van der Waals surface area contributed by atoms with E-state index in [1.807, 2.05) is 6.07 Å². The van der Waals surface area contributed by atoms with E-state index in [2.05, 4.69) is 5.32 Å². The first-order valence-corrected chi connectivity index (χ1v) is 6.16. The Bertz CT molecular complexity index is 633. The summed E-state index contributed by atoms with van der Waals surface area (Å²) in [6.07, 6.45) is 0. The summed E-state index contributed by atoms with van der Waals surface area (Å²) >= 11 is 18.0. The Labute approximate surface area is 120 Å². The smallest absolute Gasteiger partial charge is 0.0992 e. The summed E-state index contributed by atoms with van der Waals surface area (Å²) in [6.45, 7) is 0. The number of nitriles is 1. The van der Waals surface area contributed by atoms with Crippen LogP contribution in [0.1, 0.15) is 5.56 Å². The molecule has 0 saturated carbocycles. The van der Waals surface area contributed by atoms with Crippen molar-refractivity contribution in [3.8, 4) is 6.07 Å². The van der Waals surface area contributed by atoms with E-state index in [0.29, 0.717) is 32.0 Å². The van der Waals surface area contributed by atoms with Gasteiger partial charge in [0, 0.05) is 0 Å². The molecule has 0 radical (unpaired) electrons. The second-order valence-electron chi connectivity index (χ2n) is 3.53. The molecule has 0 heterocycles. The van der Waals surface area contributed by atoms with Gasteiger partial charge in [-0.25, -0.2) is 0 Å². The molecule has 0 fully saturated rings. The quantitative estimate of drug-likeness (QED) is 0.820. The fourth-order valence-electron chi connectivity index (χ4n) is 1.43. The van der Waals surface area contributed by atoms with Crippen molar-refractivity contribution in [2.75, 3.05) is 5.32 Å². The van der Waals surface area contributed by atoms with Crippen molar-refractivity contribution in [1.82, 2.24) is 0 Å². The molecule has 0 saturated heterocycles. The topological polar surface area (TPSA) is 35.8 Å². The number of halogens is 3. The van der Waals surface area contributed by atoms with Gasteiger partial charge in [0.15, 0.2) is 0 Å². The van der Waals surface area contributed by atoms with E-state index in [1.54, 1.807) is 36.4 Å². The minimum Gasteiger partial charge on any atom is -0.353 e. The van der Waals surface area contributed by atoms with Crippen LogP contribution in [0.4, 0.5) is 11.4 Å². The first-order chi connectivity index (χ1) is 8.61. The summed E-state index contributed by atoms with van der Waals surface area (Å²) < 4.78 is 0. The van der Waals surface area contributed by atoms with Crippen LogP contribution in [0.2, 0.25) is 15.1 Å². The molecule has 0 unspecified atom stereocenters. The summed E-state index contributed by atoms with van der Waals surface area (Å²) in [6, 6.07) is 12.3. The maximum atomic E-state index is 8.76. The van der Waals surface area contributed by atoms with Gasteiger partial charge in [-0.05, 0) is 30.3 Å². The zero-order valence-corrected chi connectivity index (χ0v) is 11.3. The van der Waals surface area contributed by atoms with E-state index in [1.165, 1.54) is 0 Å². The lowest BCUT2D eigenvalue weighted by Crippen LogP contribution is -1.92. The van der Waals surface area contributed by atoms with Gasteiger partial charge in [-0.1, -0.05) is 40.9 Å². The molecule has 0 aliphatic rings. The monoisotopic (exact) mass is 296 g/mol. The zero-order valence-electron chi connectivity index (χ0n) is 9.05. The number of anilines is 2. The Balaban J connectivity index is 2.35. The van der Waals surface area contributed by atoms with Crippen molar-refractivity contribution in [2.24, 2.45) is 0 Å². The molecule has 2 aromatic rings. The molecule has 5 heteroatoms. The van der Waals surface area contributed by atoms with Gasteiger partial charge in [0.05, 0.1) is 38.1 Å². The number of benzene rings is 2. The average Bonchev–Trinajstić information content (AvgIpc) is 2.37. The Kier molecular flexibility index (Phi) is 3.98. The summed E-state index contributed by atoms with van der Waals surface area (Å²) in [5.41, 5.74) is 1.83. The summed E-state index contributed by atoms with van der Waals surface area (Å²) in [5.74, 6) is 0. The van der Waals surface area contributed by atoms with Gasteiger partial charge in [0.1, 0.15) is 0 Å². The van der Waals surface area contributed by atoms with Crippen LogP contribution in [-0.4, -0.2) is 0 Å². The van der Waals surface area contributed by atoms with Crippen LogP contribution in [0.5, 0.6) is 0 Å². The highest BCUT2D eigenvalue weighted by molar-refractivity contribution is 6.43. The summed E-state index contributed by atoms with van der Waals surface area (Å²) in [7, 11) is 0. The van der Waals surface area contributed by atoms with Crippen molar-refractivity contribution < 1.29 is 0 Å². The third-order valence-corrected chi connectivity index (χ3v) is 3.45. The van der Waals surface area contributed by atoms with Crippen molar-refractivity contribution in [2.45, 2.75) is 0 Å². The molecule has 0 bridgehead atoms. The Morgan fingerprint density at radius 3 is 2.39 bits per heavy atom. The van der Waals surface area contributed by atoms with E-state index >= 15 is 0 Å². The minimum absolute atomic E-state index is 0.430. The van der Waals surface area contributed by atoms with Crippen molar-refractivity contribution in [3.05, 3.63) is 57.0 Å². The van der Waals surface area contributed by atoms with Crippen LogP contribution in [-0.2, 0) is 0 Å². The second-order valence-corrected chi connectivity index (χ2v) is 4.73. The highest BCUT2D eigenvalue weighted by atomic mass is 35.5. The van der Waals surface area contributed by atoms with E-state index in [4.69, 9.17) is 40.1 Å². The fraction of sp³-hybridized carbons (Fsp3) is 0. The third kappa shape index (κ3) is 2.70.